The topological polar surface area (TPSA) is 6.48 Å². The summed E-state index contributed by atoms with van der Waals surface area (Å²) < 4.78 is 0. The Bertz CT molecular complexity index is 284. The lowest BCUT2D eigenvalue weighted by molar-refractivity contribution is 0.126. The molecule has 0 aromatic rings. The summed E-state index contributed by atoms with van der Waals surface area (Å²) in [5, 5.41) is 0. The zero-order valence-electron chi connectivity index (χ0n) is 19.4. The summed E-state index contributed by atoms with van der Waals surface area (Å²) in [7, 11) is 9.11. The normalized spacial score (nSPS) is 13.5. The minimum Gasteiger partial charge on any atom is -0.294 e. The molecule has 0 aliphatic heterocycles. The van der Waals surface area contributed by atoms with Crippen LogP contribution in [0.1, 0.15) is 91.4 Å². The van der Waals surface area contributed by atoms with E-state index >= 15 is 0 Å². The molecule has 2 nitrogen and oxygen atoms in total. The van der Waals surface area contributed by atoms with Crippen molar-refractivity contribution >= 4 is 7.92 Å². The number of hydrogen-bond acceptors (Lipinski definition) is 2. The maximum absolute atomic E-state index is 2.41. The van der Waals surface area contributed by atoms with Crippen LogP contribution in [-0.2, 0) is 0 Å². The maximum atomic E-state index is 2.41. The first kappa shape index (κ1) is 26.4. The molecule has 0 aliphatic rings. The summed E-state index contributed by atoms with van der Waals surface area (Å²) in [6.45, 7) is 7.11. The average Bonchev–Trinajstić information content (AvgIpc) is 2.55. The number of rotatable bonds is 18. The summed E-state index contributed by atoms with van der Waals surface area (Å²) in [6, 6.07) is 0. The van der Waals surface area contributed by atoms with Crippen molar-refractivity contribution in [1.29, 1.82) is 0 Å². The molecule has 0 amide bonds. The Kier molecular flexibility index (Phi) is 17.7. The van der Waals surface area contributed by atoms with E-state index in [4.69, 9.17) is 0 Å². The van der Waals surface area contributed by atoms with Crippen LogP contribution in [0.5, 0.6) is 0 Å². The van der Waals surface area contributed by atoms with Gasteiger partial charge in [0.15, 0.2) is 0 Å². The molecule has 26 heavy (non-hydrogen) atoms. The second-order valence-electron chi connectivity index (χ2n) is 9.07. The van der Waals surface area contributed by atoms with Crippen molar-refractivity contribution in [3.05, 3.63) is 0 Å². The summed E-state index contributed by atoms with van der Waals surface area (Å²) in [5.74, 6) is 0.862. The average molecular weight is 387 g/mol. The van der Waals surface area contributed by atoms with Crippen molar-refractivity contribution in [2.75, 3.05) is 46.7 Å². The van der Waals surface area contributed by atoms with E-state index in [0.717, 1.165) is 5.92 Å². The SMILES string of the molecule is CCCCCCCCCCCCP(CCC(N(C)C)N(C)C)CC(C)C. The van der Waals surface area contributed by atoms with Crippen LogP contribution in [0.15, 0.2) is 0 Å². The van der Waals surface area contributed by atoms with Crippen LogP contribution in [-0.4, -0.2) is 62.6 Å². The number of unbranched alkanes of at least 4 members (excludes halogenated alkanes) is 9. The lowest BCUT2D eigenvalue weighted by atomic mass is 10.1. The largest absolute Gasteiger partial charge is 0.294 e. The van der Waals surface area contributed by atoms with E-state index < -0.39 is 0 Å². The van der Waals surface area contributed by atoms with Gasteiger partial charge in [0, 0.05) is 0 Å². The van der Waals surface area contributed by atoms with Gasteiger partial charge in [-0.2, -0.15) is 0 Å². The van der Waals surface area contributed by atoms with Crippen LogP contribution in [0.4, 0.5) is 0 Å². The fraction of sp³-hybridized carbons (Fsp3) is 1.00. The van der Waals surface area contributed by atoms with Gasteiger partial charge in [-0.05, 0) is 65.4 Å². The second-order valence-corrected chi connectivity index (χ2v) is 11.7. The summed E-state index contributed by atoms with van der Waals surface area (Å²) in [6.07, 6.45) is 20.9. The fourth-order valence-corrected chi connectivity index (χ4v) is 6.80. The monoisotopic (exact) mass is 386 g/mol. The Morgan fingerprint density at radius 3 is 1.54 bits per heavy atom. The zero-order chi connectivity index (χ0) is 19.8. The van der Waals surface area contributed by atoms with E-state index in [-0.39, 0.29) is 7.92 Å². The Balaban J connectivity index is 3.90. The van der Waals surface area contributed by atoms with Gasteiger partial charge in [-0.1, -0.05) is 78.6 Å². The molecule has 0 heterocycles. The number of nitrogens with zero attached hydrogens (tertiary/aromatic N) is 2. The van der Waals surface area contributed by atoms with Crippen LogP contribution in [0.3, 0.4) is 0 Å². The van der Waals surface area contributed by atoms with E-state index in [0.29, 0.717) is 6.17 Å². The van der Waals surface area contributed by atoms with E-state index in [9.17, 15) is 0 Å². The van der Waals surface area contributed by atoms with E-state index in [2.05, 4.69) is 58.8 Å². The molecule has 0 radical (unpaired) electrons. The minimum absolute atomic E-state index is 0.230. The smallest absolute Gasteiger partial charge is 0.0615 e. The lowest BCUT2D eigenvalue weighted by Gasteiger charge is -2.32. The molecular weight excluding hydrogens is 335 g/mol. The van der Waals surface area contributed by atoms with Gasteiger partial charge in [-0.25, -0.2) is 0 Å². The molecule has 0 spiro atoms. The van der Waals surface area contributed by atoms with Gasteiger partial charge < -0.3 is 0 Å². The molecule has 0 fully saturated rings. The van der Waals surface area contributed by atoms with Crippen molar-refractivity contribution in [2.24, 2.45) is 5.92 Å². The van der Waals surface area contributed by atoms with Crippen LogP contribution in [0.25, 0.3) is 0 Å². The van der Waals surface area contributed by atoms with Crippen molar-refractivity contribution in [1.82, 2.24) is 9.80 Å². The molecular formula is C23H51N2P. The van der Waals surface area contributed by atoms with Crippen LogP contribution in [0.2, 0.25) is 0 Å². The highest BCUT2D eigenvalue weighted by atomic mass is 31.1. The third-order valence-electron chi connectivity index (χ3n) is 5.35. The predicted octanol–water partition coefficient (Wildman–Crippen LogP) is 6.88. The van der Waals surface area contributed by atoms with Crippen molar-refractivity contribution in [3.63, 3.8) is 0 Å². The highest BCUT2D eigenvalue weighted by molar-refractivity contribution is 7.57. The summed E-state index contributed by atoms with van der Waals surface area (Å²) in [5.41, 5.74) is 0. The molecule has 0 N–H and O–H groups in total. The standard InChI is InChI=1S/C23H51N2P/c1-8-9-10-11-12-13-14-15-16-17-19-26(21-22(2)3)20-18-23(24(4)5)25(6)7/h22-23H,8-21H2,1-7H3. The first-order chi connectivity index (χ1) is 12.4. The molecule has 3 heteroatoms. The van der Waals surface area contributed by atoms with Gasteiger partial charge in [-0.15, -0.1) is 7.92 Å². The number of hydrogen-bond donors (Lipinski definition) is 0. The molecule has 0 saturated heterocycles. The summed E-state index contributed by atoms with van der Waals surface area (Å²) >= 11 is 0. The van der Waals surface area contributed by atoms with Gasteiger partial charge in [0.2, 0.25) is 0 Å². The third-order valence-corrected chi connectivity index (χ3v) is 8.43. The quantitative estimate of drug-likeness (QED) is 0.144. The molecule has 1 unspecified atom stereocenters. The van der Waals surface area contributed by atoms with Crippen LogP contribution >= 0.6 is 7.92 Å². The van der Waals surface area contributed by atoms with Gasteiger partial charge in [0.1, 0.15) is 0 Å². The third kappa shape index (κ3) is 15.4. The maximum Gasteiger partial charge on any atom is 0.0615 e. The Morgan fingerprint density at radius 2 is 1.12 bits per heavy atom. The van der Waals surface area contributed by atoms with Crippen LogP contribution in [0, 0.1) is 5.92 Å². The van der Waals surface area contributed by atoms with E-state index in [1.54, 1.807) is 0 Å². The second kappa shape index (κ2) is 17.4. The molecule has 0 aromatic carbocycles. The van der Waals surface area contributed by atoms with Gasteiger partial charge >= 0.3 is 0 Å². The van der Waals surface area contributed by atoms with Gasteiger partial charge in [0.05, 0.1) is 6.17 Å². The predicted molar refractivity (Wildman–Crippen MR) is 124 cm³/mol. The molecule has 0 aliphatic carbocycles. The van der Waals surface area contributed by atoms with Gasteiger partial charge in [-0.3, -0.25) is 9.80 Å². The molecule has 1 atom stereocenters. The minimum atomic E-state index is 0.230. The van der Waals surface area contributed by atoms with Crippen molar-refractivity contribution in [3.8, 4) is 0 Å². The van der Waals surface area contributed by atoms with Crippen LogP contribution < -0.4 is 0 Å². The summed E-state index contributed by atoms with van der Waals surface area (Å²) in [4.78, 5) is 4.76. The van der Waals surface area contributed by atoms with E-state index in [1.165, 1.54) is 89.1 Å². The Hall–Kier alpha value is 0.350. The molecule has 0 rings (SSSR count). The molecule has 0 bridgehead atoms. The highest BCUT2D eigenvalue weighted by Crippen LogP contribution is 2.40. The van der Waals surface area contributed by atoms with E-state index in [1.807, 2.05) is 0 Å². The van der Waals surface area contributed by atoms with Crippen molar-refractivity contribution in [2.45, 2.75) is 97.6 Å². The van der Waals surface area contributed by atoms with Gasteiger partial charge in [0.25, 0.3) is 0 Å². The Labute approximate surface area is 168 Å². The Morgan fingerprint density at radius 1 is 0.654 bits per heavy atom. The molecule has 158 valence electrons. The van der Waals surface area contributed by atoms with Crippen molar-refractivity contribution < 1.29 is 0 Å². The molecule has 0 saturated carbocycles. The lowest BCUT2D eigenvalue weighted by Crippen LogP contribution is -2.41. The zero-order valence-corrected chi connectivity index (χ0v) is 20.3. The highest BCUT2D eigenvalue weighted by Gasteiger charge is 2.17. The first-order valence-electron chi connectivity index (χ1n) is 11.4. The molecule has 0 aromatic heterocycles. The fourth-order valence-electron chi connectivity index (χ4n) is 3.91. The first-order valence-corrected chi connectivity index (χ1v) is 13.3.